The lowest BCUT2D eigenvalue weighted by Gasteiger charge is -2.34. The van der Waals surface area contributed by atoms with Crippen LogP contribution in [-0.2, 0) is 14.8 Å². The average Bonchev–Trinajstić information content (AvgIpc) is 2.74. The van der Waals surface area contributed by atoms with E-state index >= 15 is 0 Å². The maximum atomic E-state index is 12.9. The molecule has 1 fully saturated rings. The highest BCUT2D eigenvalue weighted by Gasteiger charge is 2.30. The smallest absolute Gasteiger partial charge is 0.243 e. The summed E-state index contributed by atoms with van der Waals surface area (Å²) in [5.74, 6) is 1.08. The van der Waals surface area contributed by atoms with Gasteiger partial charge in [-0.05, 0) is 35.7 Å². The first-order valence-corrected chi connectivity index (χ1v) is 11.4. The molecule has 0 saturated carbocycles. The Kier molecular flexibility index (Phi) is 6.92. The normalized spacial score (nSPS) is 15.5. The van der Waals surface area contributed by atoms with Crippen LogP contribution in [0.1, 0.15) is 31.7 Å². The molecule has 1 amide bonds. The fourth-order valence-electron chi connectivity index (χ4n) is 3.28. The van der Waals surface area contributed by atoms with Crippen molar-refractivity contribution in [2.75, 3.05) is 32.8 Å². The zero-order chi connectivity index (χ0) is 20.9. The molecule has 0 atom stereocenters. The summed E-state index contributed by atoms with van der Waals surface area (Å²) in [6, 6.07) is 16.4. The minimum absolute atomic E-state index is 0.0146. The number of piperazine rings is 1. The van der Waals surface area contributed by atoms with Gasteiger partial charge in [0.1, 0.15) is 5.75 Å². The summed E-state index contributed by atoms with van der Waals surface area (Å²) in [5.41, 5.74) is 1.11. The summed E-state index contributed by atoms with van der Waals surface area (Å²) < 4.78 is 32.8. The molecule has 1 aliphatic heterocycles. The molecule has 0 aromatic heterocycles. The number of rotatable bonds is 7. The Morgan fingerprint density at radius 3 is 2.17 bits per heavy atom. The minimum atomic E-state index is -3.54. The van der Waals surface area contributed by atoms with Gasteiger partial charge < -0.3 is 9.64 Å². The number of hydrogen-bond donors (Lipinski definition) is 0. The number of nitrogens with zero attached hydrogens (tertiary/aromatic N) is 2. The SMILES string of the molecule is CC(C)c1ccc(S(=O)(=O)N2CCN(C(=O)CCOc3ccccc3)CC2)cc1. The highest BCUT2D eigenvalue weighted by molar-refractivity contribution is 7.89. The molecular weight excluding hydrogens is 388 g/mol. The zero-order valence-corrected chi connectivity index (χ0v) is 17.8. The first kappa shape index (κ1) is 21.3. The highest BCUT2D eigenvalue weighted by atomic mass is 32.2. The van der Waals surface area contributed by atoms with Crippen molar-refractivity contribution >= 4 is 15.9 Å². The molecule has 29 heavy (non-hydrogen) atoms. The van der Waals surface area contributed by atoms with Crippen LogP contribution < -0.4 is 4.74 Å². The molecule has 2 aromatic carbocycles. The number of carbonyl (C=O) groups is 1. The van der Waals surface area contributed by atoms with E-state index in [1.165, 1.54) is 4.31 Å². The van der Waals surface area contributed by atoms with Crippen molar-refractivity contribution in [2.24, 2.45) is 0 Å². The number of hydrogen-bond acceptors (Lipinski definition) is 4. The molecule has 1 heterocycles. The molecule has 0 spiro atoms. The van der Waals surface area contributed by atoms with Crippen LogP contribution >= 0.6 is 0 Å². The van der Waals surface area contributed by atoms with Gasteiger partial charge in [0.05, 0.1) is 17.9 Å². The van der Waals surface area contributed by atoms with Gasteiger partial charge in [-0.25, -0.2) is 8.42 Å². The third-order valence-corrected chi connectivity index (χ3v) is 7.02. The Labute approximate surface area is 173 Å². The number of benzene rings is 2. The number of carbonyl (C=O) groups excluding carboxylic acids is 1. The van der Waals surface area contributed by atoms with E-state index in [-0.39, 0.29) is 12.3 Å². The van der Waals surface area contributed by atoms with Crippen molar-refractivity contribution in [1.29, 1.82) is 0 Å². The van der Waals surface area contributed by atoms with E-state index in [4.69, 9.17) is 4.74 Å². The van der Waals surface area contributed by atoms with Crippen molar-refractivity contribution < 1.29 is 17.9 Å². The van der Waals surface area contributed by atoms with E-state index in [9.17, 15) is 13.2 Å². The van der Waals surface area contributed by atoms with Crippen LogP contribution in [0.5, 0.6) is 5.75 Å². The second kappa shape index (κ2) is 9.41. The fraction of sp³-hybridized carbons (Fsp3) is 0.409. The molecule has 7 heteroatoms. The van der Waals surface area contributed by atoms with Crippen molar-refractivity contribution in [3.63, 3.8) is 0 Å². The standard InChI is InChI=1S/C22H28N2O4S/c1-18(2)19-8-10-21(11-9-19)29(26,27)24-15-13-23(14-16-24)22(25)12-17-28-20-6-4-3-5-7-20/h3-11,18H,12-17H2,1-2H3. The largest absolute Gasteiger partial charge is 0.493 e. The Bertz CT molecular complexity index is 904. The third-order valence-electron chi connectivity index (χ3n) is 5.10. The average molecular weight is 417 g/mol. The van der Waals surface area contributed by atoms with Crippen LogP contribution in [-0.4, -0.2) is 56.3 Å². The van der Waals surface area contributed by atoms with Crippen molar-refractivity contribution in [1.82, 2.24) is 9.21 Å². The van der Waals surface area contributed by atoms with Gasteiger partial charge in [-0.3, -0.25) is 4.79 Å². The summed E-state index contributed by atoms with van der Waals surface area (Å²) in [6.45, 7) is 5.86. The van der Waals surface area contributed by atoms with Crippen molar-refractivity contribution in [3.05, 3.63) is 60.2 Å². The highest BCUT2D eigenvalue weighted by Crippen LogP contribution is 2.21. The van der Waals surface area contributed by atoms with Crippen LogP contribution in [0, 0.1) is 0 Å². The molecule has 2 aromatic rings. The van der Waals surface area contributed by atoms with Gasteiger partial charge in [0.15, 0.2) is 0 Å². The van der Waals surface area contributed by atoms with Gasteiger partial charge >= 0.3 is 0 Å². The van der Waals surface area contributed by atoms with Crippen molar-refractivity contribution in [2.45, 2.75) is 31.1 Å². The molecule has 1 aliphatic rings. The van der Waals surface area contributed by atoms with E-state index in [1.807, 2.05) is 42.5 Å². The van der Waals surface area contributed by atoms with Crippen LogP contribution in [0.4, 0.5) is 0 Å². The molecular formula is C22H28N2O4S. The van der Waals surface area contributed by atoms with Crippen LogP contribution in [0.3, 0.4) is 0 Å². The first-order chi connectivity index (χ1) is 13.9. The lowest BCUT2D eigenvalue weighted by Crippen LogP contribution is -2.50. The molecule has 0 unspecified atom stereocenters. The Hall–Kier alpha value is -2.38. The Morgan fingerprint density at radius 2 is 1.59 bits per heavy atom. The Morgan fingerprint density at radius 1 is 0.966 bits per heavy atom. The summed E-state index contributed by atoms with van der Waals surface area (Å²) in [4.78, 5) is 14.4. The van der Waals surface area contributed by atoms with E-state index in [0.717, 1.165) is 11.3 Å². The maximum Gasteiger partial charge on any atom is 0.243 e. The number of para-hydroxylation sites is 1. The summed E-state index contributed by atoms with van der Waals surface area (Å²) in [5, 5.41) is 0. The molecule has 0 bridgehead atoms. The molecule has 156 valence electrons. The van der Waals surface area contributed by atoms with Gasteiger partial charge in [0, 0.05) is 26.2 Å². The summed E-state index contributed by atoms with van der Waals surface area (Å²) in [7, 11) is -3.54. The molecule has 3 rings (SSSR count). The summed E-state index contributed by atoms with van der Waals surface area (Å²) in [6.07, 6.45) is 0.276. The molecule has 1 saturated heterocycles. The zero-order valence-electron chi connectivity index (χ0n) is 17.0. The van der Waals surface area contributed by atoms with E-state index < -0.39 is 10.0 Å². The maximum absolute atomic E-state index is 12.9. The topological polar surface area (TPSA) is 66.9 Å². The predicted octanol–water partition coefficient (Wildman–Crippen LogP) is 3.11. The second-order valence-electron chi connectivity index (χ2n) is 7.42. The van der Waals surface area contributed by atoms with Crippen LogP contribution in [0.2, 0.25) is 0 Å². The molecule has 0 radical (unpaired) electrons. The van der Waals surface area contributed by atoms with Gasteiger partial charge in [0.2, 0.25) is 15.9 Å². The Balaban J connectivity index is 1.50. The molecule has 0 N–H and O–H groups in total. The van der Waals surface area contributed by atoms with E-state index in [0.29, 0.717) is 43.6 Å². The fourth-order valence-corrected chi connectivity index (χ4v) is 4.70. The monoisotopic (exact) mass is 416 g/mol. The number of ether oxygens (including phenoxy) is 1. The lowest BCUT2D eigenvalue weighted by molar-refractivity contribution is -0.132. The number of amides is 1. The second-order valence-corrected chi connectivity index (χ2v) is 9.36. The molecule has 0 aliphatic carbocycles. The first-order valence-electron chi connectivity index (χ1n) is 9.93. The predicted molar refractivity (Wildman–Crippen MR) is 112 cm³/mol. The lowest BCUT2D eigenvalue weighted by atomic mass is 10.0. The van der Waals surface area contributed by atoms with Gasteiger partial charge in [-0.15, -0.1) is 0 Å². The number of sulfonamides is 1. The molecule has 6 nitrogen and oxygen atoms in total. The van der Waals surface area contributed by atoms with Gasteiger partial charge in [0.25, 0.3) is 0 Å². The van der Waals surface area contributed by atoms with Crippen LogP contribution in [0.15, 0.2) is 59.5 Å². The van der Waals surface area contributed by atoms with E-state index in [2.05, 4.69) is 13.8 Å². The summed E-state index contributed by atoms with van der Waals surface area (Å²) >= 11 is 0. The quantitative estimate of drug-likeness (QED) is 0.696. The van der Waals surface area contributed by atoms with E-state index in [1.54, 1.807) is 17.0 Å². The van der Waals surface area contributed by atoms with Gasteiger partial charge in [-0.1, -0.05) is 44.2 Å². The van der Waals surface area contributed by atoms with Crippen molar-refractivity contribution in [3.8, 4) is 5.75 Å². The third kappa shape index (κ3) is 5.36. The van der Waals surface area contributed by atoms with Gasteiger partial charge in [-0.2, -0.15) is 4.31 Å². The van der Waals surface area contributed by atoms with Crippen LogP contribution in [0.25, 0.3) is 0 Å². The minimum Gasteiger partial charge on any atom is -0.493 e.